The number of hydrogen-bond donors (Lipinski definition) is 3. The largest absolute Gasteiger partial charge is 0.480 e. The number of para-hydroxylation sites is 2. The maximum atomic E-state index is 13.5. The number of hydrogen-bond acceptors (Lipinski definition) is 4. The third-order valence-electron chi connectivity index (χ3n) is 7.76. The molecule has 0 spiro atoms. The van der Waals surface area contributed by atoms with E-state index in [4.69, 9.17) is 16.3 Å². The first-order valence-corrected chi connectivity index (χ1v) is 15.1. The minimum absolute atomic E-state index is 0.0710. The van der Waals surface area contributed by atoms with Crippen LogP contribution >= 0.6 is 11.6 Å². The lowest BCUT2D eigenvalue weighted by atomic mass is 9.88. The van der Waals surface area contributed by atoms with Gasteiger partial charge in [0.2, 0.25) is 0 Å². The third-order valence-corrected chi connectivity index (χ3v) is 8.00. The number of carboxylic acids is 1. The third kappa shape index (κ3) is 7.25. The van der Waals surface area contributed by atoms with Gasteiger partial charge in [0.05, 0.1) is 11.3 Å². The number of amides is 1. The van der Waals surface area contributed by atoms with Crippen molar-refractivity contribution in [1.82, 2.24) is 5.32 Å². The van der Waals surface area contributed by atoms with E-state index in [1.54, 1.807) is 18.2 Å². The highest BCUT2D eigenvalue weighted by atomic mass is 35.5. The van der Waals surface area contributed by atoms with Crippen molar-refractivity contribution in [1.29, 1.82) is 0 Å². The van der Waals surface area contributed by atoms with Crippen LogP contribution < -0.4 is 15.4 Å². The highest BCUT2D eigenvalue weighted by Crippen LogP contribution is 2.36. The van der Waals surface area contributed by atoms with Gasteiger partial charge in [0.15, 0.2) is 0 Å². The van der Waals surface area contributed by atoms with Crippen LogP contribution in [0.4, 0.5) is 11.4 Å². The predicted molar refractivity (Wildman–Crippen MR) is 180 cm³/mol. The summed E-state index contributed by atoms with van der Waals surface area (Å²) in [6, 6.07) is 35.3. The van der Waals surface area contributed by atoms with E-state index < -0.39 is 17.9 Å². The van der Waals surface area contributed by atoms with Crippen LogP contribution in [0.25, 0.3) is 10.8 Å². The molecular formula is C38H31ClN2O4. The second kappa shape index (κ2) is 13.5. The van der Waals surface area contributed by atoms with Gasteiger partial charge in [-0.15, -0.1) is 0 Å². The van der Waals surface area contributed by atoms with Gasteiger partial charge in [-0.3, -0.25) is 4.79 Å². The number of carboxylic acid groups (broad SMARTS) is 1. The number of ether oxygens (including phenoxy) is 1. The summed E-state index contributed by atoms with van der Waals surface area (Å²) < 4.78 is 6.15. The number of benzene rings is 5. The van der Waals surface area contributed by atoms with Gasteiger partial charge >= 0.3 is 5.97 Å². The van der Waals surface area contributed by atoms with Crippen molar-refractivity contribution in [3.8, 4) is 11.5 Å². The first kappa shape index (κ1) is 29.7. The first-order chi connectivity index (χ1) is 21.9. The molecule has 6 rings (SSSR count). The molecule has 0 aliphatic heterocycles. The highest BCUT2D eigenvalue weighted by molar-refractivity contribution is 6.31. The van der Waals surface area contributed by atoms with Crippen LogP contribution in [-0.2, 0) is 4.79 Å². The van der Waals surface area contributed by atoms with Gasteiger partial charge in [-0.05, 0) is 71.3 Å². The first-order valence-electron chi connectivity index (χ1n) is 14.7. The number of rotatable bonds is 10. The lowest BCUT2D eigenvalue weighted by Crippen LogP contribution is -2.41. The Morgan fingerprint density at radius 1 is 0.867 bits per heavy atom. The molecule has 5 aromatic rings. The molecular weight excluding hydrogens is 584 g/mol. The Morgan fingerprint density at radius 2 is 1.62 bits per heavy atom. The Balaban J connectivity index is 1.14. The zero-order valence-electron chi connectivity index (χ0n) is 24.3. The molecule has 45 heavy (non-hydrogen) atoms. The predicted octanol–water partition coefficient (Wildman–Crippen LogP) is 9.27. The maximum Gasteiger partial charge on any atom is 0.326 e. The number of fused-ring (bicyclic) bond motifs is 1. The SMILES string of the molecule is O=C(N[C@@H](CC1=CCC(c2ccccc2Oc2ccccc2)C=C1)C(=O)O)c1cc(Cl)ccc1Nc1ccc2ccccc2c1. The Kier molecular flexibility index (Phi) is 8.94. The summed E-state index contributed by atoms with van der Waals surface area (Å²) in [6.07, 6.45) is 6.83. The fourth-order valence-corrected chi connectivity index (χ4v) is 5.62. The Hall–Kier alpha value is -5.33. The summed E-state index contributed by atoms with van der Waals surface area (Å²) in [5, 5.41) is 18.6. The molecule has 1 aliphatic rings. The minimum Gasteiger partial charge on any atom is -0.480 e. The van der Waals surface area contributed by atoms with E-state index in [9.17, 15) is 14.7 Å². The fourth-order valence-electron chi connectivity index (χ4n) is 5.45. The van der Waals surface area contributed by atoms with Gasteiger partial charge < -0.3 is 20.5 Å². The number of halogens is 1. The average Bonchev–Trinajstić information content (AvgIpc) is 3.06. The number of allylic oxidation sites excluding steroid dienone is 3. The highest BCUT2D eigenvalue weighted by Gasteiger charge is 2.25. The van der Waals surface area contributed by atoms with Crippen LogP contribution in [0.5, 0.6) is 11.5 Å². The van der Waals surface area contributed by atoms with Crippen molar-refractivity contribution < 1.29 is 19.4 Å². The summed E-state index contributed by atoms with van der Waals surface area (Å²) in [5.41, 5.74) is 3.45. The molecule has 0 saturated carbocycles. The van der Waals surface area contributed by atoms with Crippen LogP contribution in [-0.4, -0.2) is 23.0 Å². The second-order valence-corrected chi connectivity index (χ2v) is 11.3. The van der Waals surface area contributed by atoms with E-state index >= 15 is 0 Å². The lowest BCUT2D eigenvalue weighted by molar-refractivity contribution is -0.139. The molecule has 0 bridgehead atoms. The standard InChI is InChI=1S/C38H31ClN2O4/c39-29-19-21-34(40-30-20-18-26-8-4-5-9-28(26)23-30)33(24-29)37(42)41-35(38(43)44)22-25-14-16-27(17-15-25)32-12-6-7-13-36(32)45-31-10-2-1-3-11-31/h1-16,18-21,23-24,27,35,40H,17,22H2,(H,41,42)(H,43,44)/t27?,35-/m0/s1. The zero-order valence-corrected chi connectivity index (χ0v) is 25.1. The molecule has 0 aromatic heterocycles. The minimum atomic E-state index is -1.13. The molecule has 0 radical (unpaired) electrons. The van der Waals surface area contributed by atoms with Gasteiger partial charge in [-0.2, -0.15) is 0 Å². The van der Waals surface area contributed by atoms with E-state index in [0.29, 0.717) is 17.1 Å². The van der Waals surface area contributed by atoms with E-state index in [0.717, 1.165) is 39.1 Å². The molecule has 6 nitrogen and oxygen atoms in total. The number of nitrogens with one attached hydrogen (secondary N) is 2. The van der Waals surface area contributed by atoms with Crippen LogP contribution in [0.2, 0.25) is 5.02 Å². The van der Waals surface area contributed by atoms with Crippen molar-refractivity contribution in [3.05, 3.63) is 155 Å². The molecule has 1 aliphatic carbocycles. The lowest BCUT2D eigenvalue weighted by Gasteiger charge is -2.22. The van der Waals surface area contributed by atoms with Crippen molar-refractivity contribution in [2.45, 2.75) is 24.8 Å². The Labute approximate surface area is 266 Å². The molecule has 0 saturated heterocycles. The van der Waals surface area contributed by atoms with Gasteiger partial charge in [0.25, 0.3) is 5.91 Å². The fraction of sp³-hybridized carbons (Fsp3) is 0.105. The monoisotopic (exact) mass is 614 g/mol. The maximum absolute atomic E-state index is 13.5. The summed E-state index contributed by atoms with van der Waals surface area (Å²) in [7, 11) is 0. The van der Waals surface area contributed by atoms with Crippen LogP contribution in [0.1, 0.15) is 34.7 Å². The van der Waals surface area contributed by atoms with E-state index in [-0.39, 0.29) is 17.9 Å². The molecule has 0 fully saturated rings. The van der Waals surface area contributed by atoms with Gasteiger partial charge in [0.1, 0.15) is 17.5 Å². The van der Waals surface area contributed by atoms with E-state index in [1.165, 1.54) is 0 Å². The Bertz CT molecular complexity index is 1920. The topological polar surface area (TPSA) is 87.7 Å². The Morgan fingerprint density at radius 3 is 2.40 bits per heavy atom. The second-order valence-electron chi connectivity index (χ2n) is 10.9. The van der Waals surface area contributed by atoms with Crippen molar-refractivity contribution in [2.24, 2.45) is 0 Å². The number of aliphatic carboxylic acids is 1. The summed E-state index contributed by atoms with van der Waals surface area (Å²) >= 11 is 6.27. The van der Waals surface area contributed by atoms with Crippen molar-refractivity contribution in [2.75, 3.05) is 5.32 Å². The molecule has 0 heterocycles. The van der Waals surface area contributed by atoms with Gasteiger partial charge in [-0.25, -0.2) is 4.79 Å². The van der Waals surface area contributed by atoms with Gasteiger partial charge in [0, 0.05) is 28.6 Å². The van der Waals surface area contributed by atoms with Gasteiger partial charge in [-0.1, -0.05) is 96.6 Å². The van der Waals surface area contributed by atoms with Crippen LogP contribution in [0.15, 0.2) is 139 Å². The van der Waals surface area contributed by atoms with Crippen LogP contribution in [0, 0.1) is 0 Å². The zero-order chi connectivity index (χ0) is 31.2. The average molecular weight is 615 g/mol. The molecule has 2 atom stereocenters. The smallest absolute Gasteiger partial charge is 0.326 e. The van der Waals surface area contributed by atoms with E-state index in [1.807, 2.05) is 109 Å². The summed E-state index contributed by atoms with van der Waals surface area (Å²) in [5.74, 6) is -0.0375. The van der Waals surface area contributed by atoms with Crippen molar-refractivity contribution in [3.63, 3.8) is 0 Å². The number of carbonyl (C=O) groups excluding carboxylic acids is 1. The molecule has 224 valence electrons. The summed E-state index contributed by atoms with van der Waals surface area (Å²) in [4.78, 5) is 25.8. The number of carbonyl (C=O) groups is 2. The van der Waals surface area contributed by atoms with Crippen molar-refractivity contribution >= 4 is 45.6 Å². The molecule has 1 amide bonds. The molecule has 5 aromatic carbocycles. The molecule has 1 unspecified atom stereocenters. The van der Waals surface area contributed by atoms with E-state index in [2.05, 4.69) is 16.7 Å². The van der Waals surface area contributed by atoms with Crippen LogP contribution in [0.3, 0.4) is 0 Å². The number of anilines is 2. The summed E-state index contributed by atoms with van der Waals surface area (Å²) in [6.45, 7) is 0. The molecule has 7 heteroatoms. The molecule has 3 N–H and O–H groups in total. The normalized spacial score (nSPS) is 14.8. The quantitative estimate of drug-likeness (QED) is 0.146.